The van der Waals surface area contributed by atoms with Crippen LogP contribution in [-0.4, -0.2) is 43.3 Å². The average Bonchev–Trinajstić information content (AvgIpc) is 2.99. The van der Waals surface area contributed by atoms with E-state index in [-0.39, 0.29) is 29.5 Å². The summed E-state index contributed by atoms with van der Waals surface area (Å²) < 4.78 is 29.7. The Kier molecular flexibility index (Phi) is 11.0. The Morgan fingerprint density at radius 3 is 2.07 bits per heavy atom. The highest BCUT2D eigenvalue weighted by Crippen LogP contribution is 2.31. The van der Waals surface area contributed by atoms with Gasteiger partial charge in [-0.1, -0.05) is 95.5 Å². The minimum Gasteiger partial charge on any atom is -0.350 e. The van der Waals surface area contributed by atoms with Gasteiger partial charge in [-0.15, -0.1) is 0 Å². The number of sulfonamides is 1. The fraction of sp³-hybridized carbons (Fsp3) is 0.297. The van der Waals surface area contributed by atoms with Crippen LogP contribution in [0.15, 0.2) is 102 Å². The number of nitrogens with one attached hydrogen (secondary N) is 1. The van der Waals surface area contributed by atoms with Gasteiger partial charge >= 0.3 is 0 Å². The second kappa shape index (κ2) is 14.5. The molecule has 242 valence electrons. The molecule has 0 heterocycles. The molecule has 0 aromatic heterocycles. The second-order valence-electron chi connectivity index (χ2n) is 12.7. The number of carbonyl (C=O) groups is 2. The predicted octanol–water partition coefficient (Wildman–Crippen LogP) is 7.02. The Labute approximate surface area is 278 Å². The summed E-state index contributed by atoms with van der Waals surface area (Å²) in [6, 6.07) is 27.7. The Hall–Kier alpha value is -4.14. The molecule has 46 heavy (non-hydrogen) atoms. The Bertz CT molecular complexity index is 1790. The van der Waals surface area contributed by atoms with Crippen LogP contribution in [0.1, 0.15) is 48.6 Å². The van der Waals surface area contributed by atoms with Crippen molar-refractivity contribution in [2.75, 3.05) is 10.8 Å². The summed E-state index contributed by atoms with van der Waals surface area (Å²) in [5, 5.41) is 3.43. The van der Waals surface area contributed by atoms with Crippen LogP contribution in [0.4, 0.5) is 5.69 Å². The topological polar surface area (TPSA) is 86.8 Å². The molecule has 1 atom stereocenters. The first-order valence-corrected chi connectivity index (χ1v) is 17.0. The van der Waals surface area contributed by atoms with Crippen LogP contribution < -0.4 is 9.62 Å². The lowest BCUT2D eigenvalue weighted by molar-refractivity contribution is -0.140. The van der Waals surface area contributed by atoms with Gasteiger partial charge in [0.2, 0.25) is 11.8 Å². The van der Waals surface area contributed by atoms with E-state index < -0.39 is 34.1 Å². The molecule has 0 aliphatic heterocycles. The number of aryl methyl sites for hydroxylation is 2. The minimum atomic E-state index is -4.23. The third kappa shape index (κ3) is 8.77. The fourth-order valence-corrected chi connectivity index (χ4v) is 6.87. The van der Waals surface area contributed by atoms with Gasteiger partial charge in [0, 0.05) is 23.5 Å². The third-order valence-electron chi connectivity index (χ3n) is 7.60. The zero-order valence-corrected chi connectivity index (χ0v) is 28.8. The van der Waals surface area contributed by atoms with Crippen LogP contribution in [0, 0.1) is 20.8 Å². The van der Waals surface area contributed by atoms with Crippen molar-refractivity contribution in [1.29, 1.82) is 0 Å². The van der Waals surface area contributed by atoms with Crippen molar-refractivity contribution >= 4 is 39.1 Å². The van der Waals surface area contributed by atoms with E-state index in [0.29, 0.717) is 10.6 Å². The van der Waals surface area contributed by atoms with E-state index in [1.54, 1.807) is 37.3 Å². The Morgan fingerprint density at radius 1 is 0.804 bits per heavy atom. The zero-order valence-electron chi connectivity index (χ0n) is 27.2. The van der Waals surface area contributed by atoms with Crippen molar-refractivity contribution in [3.8, 4) is 0 Å². The number of hydrogen-bond donors (Lipinski definition) is 1. The molecular weight excluding hydrogens is 618 g/mol. The van der Waals surface area contributed by atoms with Crippen LogP contribution in [0.2, 0.25) is 5.02 Å². The molecule has 0 fully saturated rings. The highest BCUT2D eigenvalue weighted by Gasteiger charge is 2.36. The number of amides is 2. The highest BCUT2D eigenvalue weighted by molar-refractivity contribution is 7.92. The molecule has 7 nitrogen and oxygen atoms in total. The lowest BCUT2D eigenvalue weighted by Gasteiger charge is -2.35. The van der Waals surface area contributed by atoms with E-state index in [9.17, 15) is 18.0 Å². The average molecular weight is 660 g/mol. The largest absolute Gasteiger partial charge is 0.350 e. The van der Waals surface area contributed by atoms with E-state index in [2.05, 4.69) is 5.32 Å². The molecule has 4 aromatic carbocycles. The lowest BCUT2D eigenvalue weighted by Crippen LogP contribution is -2.56. The van der Waals surface area contributed by atoms with Crippen molar-refractivity contribution in [2.24, 2.45) is 0 Å². The van der Waals surface area contributed by atoms with Crippen LogP contribution in [0.3, 0.4) is 0 Å². The summed E-state index contributed by atoms with van der Waals surface area (Å²) in [6.45, 7) is 10.8. The van der Waals surface area contributed by atoms with Crippen LogP contribution in [0.25, 0.3) is 0 Å². The number of benzene rings is 4. The van der Waals surface area contributed by atoms with Crippen molar-refractivity contribution in [3.05, 3.63) is 130 Å². The maximum atomic E-state index is 14.7. The molecular formula is C37H42ClN3O4S. The first kappa shape index (κ1) is 34.7. The minimum absolute atomic E-state index is 0.0434. The summed E-state index contributed by atoms with van der Waals surface area (Å²) in [7, 11) is -4.23. The standard InChI is InChI=1S/C37H42ClN3O4S/c1-26-18-20-31(21-19-26)46(44,45)41(33-17-11-16-32(38)28(33)3)25-35(42)40(24-30-15-10-12-27(2)22-30)34(36(43)39-37(4,5)6)23-29-13-8-7-9-14-29/h7-22,34H,23-25H2,1-6H3,(H,39,43). The van der Waals surface area contributed by atoms with Gasteiger partial charge in [-0.25, -0.2) is 8.42 Å². The maximum Gasteiger partial charge on any atom is 0.264 e. The SMILES string of the molecule is Cc1ccc(S(=O)(=O)N(CC(=O)N(Cc2cccc(C)c2)C(Cc2ccccc2)C(=O)NC(C)(C)C)c2cccc(Cl)c2C)cc1. The molecule has 2 amide bonds. The van der Waals surface area contributed by atoms with Gasteiger partial charge in [-0.3, -0.25) is 13.9 Å². The number of hydrogen-bond acceptors (Lipinski definition) is 4. The van der Waals surface area contributed by atoms with E-state index in [1.807, 2.05) is 89.2 Å². The number of halogens is 1. The van der Waals surface area contributed by atoms with Gasteiger partial charge in [0.1, 0.15) is 12.6 Å². The third-order valence-corrected chi connectivity index (χ3v) is 9.78. The molecule has 0 radical (unpaired) electrons. The van der Waals surface area contributed by atoms with E-state index in [4.69, 9.17) is 11.6 Å². The highest BCUT2D eigenvalue weighted by atomic mass is 35.5. The van der Waals surface area contributed by atoms with Crippen molar-refractivity contribution in [3.63, 3.8) is 0 Å². The van der Waals surface area contributed by atoms with Crippen molar-refractivity contribution < 1.29 is 18.0 Å². The van der Waals surface area contributed by atoms with Gasteiger partial charge in [0.15, 0.2) is 0 Å². The monoisotopic (exact) mass is 659 g/mol. The Morgan fingerprint density at radius 2 is 1.43 bits per heavy atom. The van der Waals surface area contributed by atoms with Crippen LogP contribution in [0.5, 0.6) is 0 Å². The predicted molar refractivity (Wildman–Crippen MR) is 185 cm³/mol. The number of carbonyl (C=O) groups excluding carboxylic acids is 2. The van der Waals surface area contributed by atoms with Crippen LogP contribution >= 0.6 is 11.6 Å². The van der Waals surface area contributed by atoms with E-state index >= 15 is 0 Å². The second-order valence-corrected chi connectivity index (χ2v) is 14.9. The van der Waals surface area contributed by atoms with Gasteiger partial charge in [0.05, 0.1) is 10.6 Å². The molecule has 0 bridgehead atoms. The van der Waals surface area contributed by atoms with Gasteiger partial charge in [0.25, 0.3) is 10.0 Å². The molecule has 9 heteroatoms. The van der Waals surface area contributed by atoms with Gasteiger partial charge < -0.3 is 10.2 Å². The summed E-state index contributed by atoms with van der Waals surface area (Å²) in [5.74, 6) is -0.856. The molecule has 4 aromatic rings. The Balaban J connectivity index is 1.85. The summed E-state index contributed by atoms with van der Waals surface area (Å²) in [5.41, 5.74) is 3.83. The molecule has 1 N–H and O–H groups in total. The number of rotatable bonds is 11. The molecule has 1 unspecified atom stereocenters. The van der Waals surface area contributed by atoms with Crippen LogP contribution in [-0.2, 0) is 32.6 Å². The molecule has 0 aliphatic rings. The summed E-state index contributed by atoms with van der Waals surface area (Å²) in [4.78, 5) is 30.2. The number of anilines is 1. The first-order valence-electron chi connectivity index (χ1n) is 15.2. The summed E-state index contributed by atoms with van der Waals surface area (Å²) >= 11 is 6.47. The van der Waals surface area contributed by atoms with Crippen molar-refractivity contribution in [2.45, 2.75) is 71.0 Å². The lowest BCUT2D eigenvalue weighted by atomic mass is 10.0. The molecule has 0 aliphatic carbocycles. The van der Waals surface area contributed by atoms with Gasteiger partial charge in [-0.05, 0) is 82.5 Å². The fourth-order valence-electron chi connectivity index (χ4n) is 5.23. The van der Waals surface area contributed by atoms with Crippen molar-refractivity contribution in [1.82, 2.24) is 10.2 Å². The maximum absolute atomic E-state index is 14.7. The van der Waals surface area contributed by atoms with E-state index in [1.165, 1.54) is 17.0 Å². The molecule has 4 rings (SSSR count). The van der Waals surface area contributed by atoms with Gasteiger partial charge in [-0.2, -0.15) is 0 Å². The molecule has 0 saturated carbocycles. The smallest absolute Gasteiger partial charge is 0.264 e. The summed E-state index contributed by atoms with van der Waals surface area (Å²) in [6.07, 6.45) is 0.237. The quantitative estimate of drug-likeness (QED) is 0.188. The molecule has 0 saturated heterocycles. The molecule has 0 spiro atoms. The first-order chi connectivity index (χ1) is 21.7. The normalized spacial score (nSPS) is 12.3. The van der Waals surface area contributed by atoms with E-state index in [0.717, 1.165) is 26.6 Å². The number of nitrogens with zero attached hydrogens (tertiary/aromatic N) is 2. The zero-order chi connectivity index (χ0) is 33.6.